The number of phenolic OH excluding ortho intramolecular Hbond substituents is 1. The van der Waals surface area contributed by atoms with Gasteiger partial charge in [-0.1, -0.05) is 0 Å². The normalized spacial score (nSPS) is 14.0. The average molecular weight is 384 g/mol. The number of hydrogen-bond donors (Lipinski definition) is 1. The molecule has 0 saturated carbocycles. The van der Waals surface area contributed by atoms with Gasteiger partial charge in [-0.2, -0.15) is 0 Å². The number of ether oxygens (including phenoxy) is 2. The van der Waals surface area contributed by atoms with Crippen LogP contribution in [0.1, 0.15) is 19.8 Å². The number of amides is 1. The number of anilines is 1. The average Bonchev–Trinajstić information content (AvgIpc) is 2.73. The molecule has 6 nitrogen and oxygen atoms in total. The third kappa shape index (κ3) is 5.55. The van der Waals surface area contributed by atoms with Crippen LogP contribution in [0.4, 0.5) is 5.69 Å². The van der Waals surface area contributed by atoms with Crippen LogP contribution in [0.3, 0.4) is 0 Å². The van der Waals surface area contributed by atoms with Crippen molar-refractivity contribution in [3.63, 3.8) is 0 Å². The highest BCUT2D eigenvalue weighted by Gasteiger charge is 2.20. The van der Waals surface area contributed by atoms with Gasteiger partial charge in [-0.15, -0.1) is 0 Å². The number of piperazine rings is 1. The molecule has 1 heterocycles. The maximum atomic E-state index is 12.4. The first-order valence-electron chi connectivity index (χ1n) is 9.83. The Morgan fingerprint density at radius 3 is 2.14 bits per heavy atom. The number of rotatable bonds is 8. The maximum Gasteiger partial charge on any atom is 0.222 e. The van der Waals surface area contributed by atoms with E-state index in [0.29, 0.717) is 26.1 Å². The molecule has 0 radical (unpaired) electrons. The third-order valence-electron chi connectivity index (χ3n) is 4.79. The standard InChI is InChI=1S/C22H28N2O4/c1-2-27-20-9-11-21(12-10-20)28-17-3-4-22(26)24-15-13-23(14-16-24)18-5-7-19(25)8-6-18/h5-12,25H,2-4,13-17H2,1H3. The van der Waals surface area contributed by atoms with Crippen LogP contribution in [0.15, 0.2) is 48.5 Å². The minimum atomic E-state index is 0.181. The van der Waals surface area contributed by atoms with Gasteiger partial charge in [0.05, 0.1) is 13.2 Å². The number of carbonyl (C=O) groups is 1. The van der Waals surface area contributed by atoms with Crippen molar-refractivity contribution in [3.8, 4) is 17.2 Å². The predicted molar refractivity (Wildman–Crippen MR) is 109 cm³/mol. The molecule has 1 saturated heterocycles. The summed E-state index contributed by atoms with van der Waals surface area (Å²) < 4.78 is 11.1. The lowest BCUT2D eigenvalue weighted by Gasteiger charge is -2.36. The Kier molecular flexibility index (Phi) is 7.00. The lowest BCUT2D eigenvalue weighted by Crippen LogP contribution is -2.48. The van der Waals surface area contributed by atoms with Crippen molar-refractivity contribution in [1.82, 2.24) is 4.90 Å². The molecule has 6 heteroatoms. The highest BCUT2D eigenvalue weighted by atomic mass is 16.5. The highest BCUT2D eigenvalue weighted by Crippen LogP contribution is 2.20. The summed E-state index contributed by atoms with van der Waals surface area (Å²) in [6.07, 6.45) is 1.19. The summed E-state index contributed by atoms with van der Waals surface area (Å²) in [6, 6.07) is 14.7. The quantitative estimate of drug-likeness (QED) is 0.708. The number of nitrogens with zero attached hydrogens (tertiary/aromatic N) is 2. The van der Waals surface area contributed by atoms with Gasteiger partial charge in [0.25, 0.3) is 0 Å². The van der Waals surface area contributed by atoms with Gasteiger partial charge in [0, 0.05) is 38.3 Å². The predicted octanol–water partition coefficient (Wildman–Crippen LogP) is 3.30. The molecule has 0 spiro atoms. The SMILES string of the molecule is CCOc1ccc(OCCCC(=O)N2CCN(c3ccc(O)cc3)CC2)cc1. The maximum absolute atomic E-state index is 12.4. The first-order chi connectivity index (χ1) is 13.7. The molecule has 0 unspecified atom stereocenters. The van der Waals surface area contributed by atoms with Crippen molar-refractivity contribution in [3.05, 3.63) is 48.5 Å². The van der Waals surface area contributed by atoms with Gasteiger partial charge in [0.15, 0.2) is 0 Å². The second-order valence-electron chi connectivity index (χ2n) is 6.74. The molecule has 1 N–H and O–H groups in total. The topological polar surface area (TPSA) is 62.2 Å². The van der Waals surface area contributed by atoms with E-state index >= 15 is 0 Å². The Hall–Kier alpha value is -2.89. The van der Waals surface area contributed by atoms with Crippen molar-refractivity contribution in [2.24, 2.45) is 0 Å². The smallest absolute Gasteiger partial charge is 0.222 e. The molecule has 1 amide bonds. The van der Waals surface area contributed by atoms with Crippen molar-refractivity contribution in [2.45, 2.75) is 19.8 Å². The number of hydrogen-bond acceptors (Lipinski definition) is 5. The van der Waals surface area contributed by atoms with Gasteiger partial charge in [-0.05, 0) is 61.9 Å². The highest BCUT2D eigenvalue weighted by molar-refractivity contribution is 5.76. The summed E-state index contributed by atoms with van der Waals surface area (Å²) >= 11 is 0. The lowest BCUT2D eigenvalue weighted by atomic mass is 10.2. The van der Waals surface area contributed by atoms with Crippen LogP contribution in [-0.4, -0.2) is 55.3 Å². The van der Waals surface area contributed by atoms with Gasteiger partial charge in [0.2, 0.25) is 5.91 Å². The van der Waals surface area contributed by atoms with E-state index in [1.807, 2.05) is 48.2 Å². The van der Waals surface area contributed by atoms with E-state index in [0.717, 1.165) is 43.4 Å². The Bertz CT molecular complexity index is 738. The number of phenols is 1. The first-order valence-corrected chi connectivity index (χ1v) is 9.83. The van der Waals surface area contributed by atoms with Crippen LogP contribution in [0.5, 0.6) is 17.2 Å². The fourth-order valence-corrected chi connectivity index (χ4v) is 3.25. The van der Waals surface area contributed by atoms with Crippen LogP contribution in [0.25, 0.3) is 0 Å². The van der Waals surface area contributed by atoms with Crippen molar-refractivity contribution < 1.29 is 19.4 Å². The zero-order valence-corrected chi connectivity index (χ0v) is 16.3. The molecule has 1 aliphatic rings. The summed E-state index contributed by atoms with van der Waals surface area (Å²) in [5.74, 6) is 2.07. The summed E-state index contributed by atoms with van der Waals surface area (Å²) in [6.45, 7) is 6.17. The Labute approximate surface area is 166 Å². The number of carbonyl (C=O) groups excluding carboxylic acids is 1. The van der Waals surface area contributed by atoms with Crippen molar-refractivity contribution in [1.29, 1.82) is 0 Å². The molecule has 2 aromatic rings. The van der Waals surface area contributed by atoms with E-state index in [-0.39, 0.29) is 11.7 Å². The van der Waals surface area contributed by atoms with Gasteiger partial charge in [-0.25, -0.2) is 0 Å². The zero-order chi connectivity index (χ0) is 19.8. The summed E-state index contributed by atoms with van der Waals surface area (Å²) in [7, 11) is 0. The van der Waals surface area contributed by atoms with E-state index in [4.69, 9.17) is 9.47 Å². The molecule has 0 aliphatic carbocycles. The molecular weight excluding hydrogens is 356 g/mol. The van der Waals surface area contributed by atoms with Crippen molar-refractivity contribution >= 4 is 11.6 Å². The summed E-state index contributed by atoms with van der Waals surface area (Å²) in [4.78, 5) is 16.6. The first kappa shape index (κ1) is 19.9. The molecule has 0 aromatic heterocycles. The zero-order valence-electron chi connectivity index (χ0n) is 16.3. The summed E-state index contributed by atoms with van der Waals surface area (Å²) in [5.41, 5.74) is 1.08. The molecule has 1 fully saturated rings. The molecule has 0 atom stereocenters. The monoisotopic (exact) mass is 384 g/mol. The Morgan fingerprint density at radius 1 is 0.929 bits per heavy atom. The van der Waals surface area contributed by atoms with Crippen LogP contribution in [0.2, 0.25) is 0 Å². The Morgan fingerprint density at radius 2 is 1.54 bits per heavy atom. The Balaban J connectivity index is 1.35. The minimum Gasteiger partial charge on any atom is -0.508 e. The molecule has 2 aromatic carbocycles. The molecule has 3 rings (SSSR count). The molecular formula is C22H28N2O4. The van der Waals surface area contributed by atoms with Gasteiger partial charge in [-0.3, -0.25) is 4.79 Å². The van der Waals surface area contributed by atoms with Gasteiger partial charge >= 0.3 is 0 Å². The minimum absolute atomic E-state index is 0.181. The molecule has 150 valence electrons. The number of benzene rings is 2. The van der Waals surface area contributed by atoms with Crippen molar-refractivity contribution in [2.75, 3.05) is 44.3 Å². The van der Waals surface area contributed by atoms with E-state index in [2.05, 4.69) is 4.90 Å². The second kappa shape index (κ2) is 9.88. The second-order valence-corrected chi connectivity index (χ2v) is 6.74. The van der Waals surface area contributed by atoms with Crippen LogP contribution in [0, 0.1) is 0 Å². The van der Waals surface area contributed by atoms with Crippen LogP contribution >= 0.6 is 0 Å². The van der Waals surface area contributed by atoms with Gasteiger partial charge in [0.1, 0.15) is 17.2 Å². The fraction of sp³-hybridized carbons (Fsp3) is 0.409. The third-order valence-corrected chi connectivity index (χ3v) is 4.79. The molecule has 0 bridgehead atoms. The summed E-state index contributed by atoms with van der Waals surface area (Å²) in [5, 5.41) is 9.39. The van der Waals surface area contributed by atoms with Gasteiger partial charge < -0.3 is 24.4 Å². The molecule has 1 aliphatic heterocycles. The van der Waals surface area contributed by atoms with E-state index < -0.39 is 0 Å². The largest absolute Gasteiger partial charge is 0.508 e. The van der Waals surface area contributed by atoms with E-state index in [1.54, 1.807) is 12.1 Å². The molecule has 28 heavy (non-hydrogen) atoms. The van der Waals surface area contributed by atoms with Crippen LogP contribution in [-0.2, 0) is 4.79 Å². The van der Waals surface area contributed by atoms with E-state index in [9.17, 15) is 9.90 Å². The van der Waals surface area contributed by atoms with Crippen LogP contribution < -0.4 is 14.4 Å². The fourth-order valence-electron chi connectivity index (χ4n) is 3.25. The lowest BCUT2D eigenvalue weighted by molar-refractivity contribution is -0.131. The van der Waals surface area contributed by atoms with E-state index in [1.165, 1.54) is 0 Å². The number of aromatic hydroxyl groups is 1.